The summed E-state index contributed by atoms with van der Waals surface area (Å²) in [7, 11) is 0. The zero-order chi connectivity index (χ0) is 14.7. The Hall–Kier alpha value is -1.48. The van der Waals surface area contributed by atoms with Gasteiger partial charge in [-0.05, 0) is 37.5 Å². The molecule has 0 spiro atoms. The number of rotatable bonds is 5. The summed E-state index contributed by atoms with van der Waals surface area (Å²) in [5, 5.41) is 4.19. The molecule has 0 aliphatic carbocycles. The van der Waals surface area contributed by atoms with Gasteiger partial charge in [-0.2, -0.15) is 0 Å². The van der Waals surface area contributed by atoms with Crippen LogP contribution in [0.25, 0.3) is 0 Å². The van der Waals surface area contributed by atoms with Crippen LogP contribution in [0, 0.1) is 12.8 Å². The third-order valence-electron chi connectivity index (χ3n) is 3.29. The van der Waals surface area contributed by atoms with E-state index in [9.17, 15) is 0 Å². The van der Waals surface area contributed by atoms with E-state index in [0.717, 1.165) is 23.2 Å². The zero-order valence-electron chi connectivity index (χ0n) is 12.5. The van der Waals surface area contributed by atoms with Crippen LogP contribution in [0.5, 0.6) is 0 Å². The molecule has 0 saturated carbocycles. The monoisotopic (exact) mass is 291 g/mol. The first-order valence-corrected chi connectivity index (χ1v) is 7.40. The van der Waals surface area contributed by atoms with E-state index in [-0.39, 0.29) is 6.04 Å². The van der Waals surface area contributed by atoms with Gasteiger partial charge in [0, 0.05) is 17.8 Å². The standard InChI is InChI=1S/C16H22ClN3/c1-11(2)9-18-16-19-12(3)10-20(16)13(4)14-5-7-15(17)8-6-14/h5-8,10-11,13H,9H2,1-4H3,(H,18,19). The molecule has 0 radical (unpaired) electrons. The lowest BCUT2D eigenvalue weighted by molar-refractivity contribution is 0.628. The van der Waals surface area contributed by atoms with E-state index < -0.39 is 0 Å². The SMILES string of the molecule is Cc1cn(C(C)c2ccc(Cl)cc2)c(NCC(C)C)n1. The quantitative estimate of drug-likeness (QED) is 0.877. The van der Waals surface area contributed by atoms with Gasteiger partial charge in [-0.15, -0.1) is 0 Å². The molecule has 3 nitrogen and oxygen atoms in total. The molecule has 108 valence electrons. The number of benzene rings is 1. The largest absolute Gasteiger partial charge is 0.355 e. The van der Waals surface area contributed by atoms with Crippen LogP contribution in [0.3, 0.4) is 0 Å². The maximum Gasteiger partial charge on any atom is 0.203 e. The van der Waals surface area contributed by atoms with Crippen LogP contribution in [-0.4, -0.2) is 16.1 Å². The first-order chi connectivity index (χ1) is 9.47. The maximum atomic E-state index is 5.95. The molecule has 2 rings (SSSR count). The van der Waals surface area contributed by atoms with Gasteiger partial charge in [0.25, 0.3) is 0 Å². The normalized spacial score (nSPS) is 12.7. The van der Waals surface area contributed by atoms with Crippen molar-refractivity contribution in [2.24, 2.45) is 5.92 Å². The number of nitrogens with zero attached hydrogens (tertiary/aromatic N) is 2. The molecule has 4 heteroatoms. The molecule has 0 bridgehead atoms. The van der Waals surface area contributed by atoms with Crippen LogP contribution in [-0.2, 0) is 0 Å². The van der Waals surface area contributed by atoms with Crippen molar-refractivity contribution in [3.05, 3.63) is 46.7 Å². The van der Waals surface area contributed by atoms with Gasteiger partial charge >= 0.3 is 0 Å². The van der Waals surface area contributed by atoms with Crippen molar-refractivity contribution in [2.75, 3.05) is 11.9 Å². The average Bonchev–Trinajstić information content (AvgIpc) is 2.77. The highest BCUT2D eigenvalue weighted by atomic mass is 35.5. The first kappa shape index (κ1) is 14.9. The number of nitrogens with one attached hydrogen (secondary N) is 1. The molecule has 0 aliphatic rings. The molecule has 0 aliphatic heterocycles. The fourth-order valence-electron chi connectivity index (χ4n) is 2.14. The average molecular weight is 292 g/mol. The van der Waals surface area contributed by atoms with E-state index in [1.165, 1.54) is 5.56 Å². The van der Waals surface area contributed by atoms with Crippen LogP contribution >= 0.6 is 11.6 Å². The van der Waals surface area contributed by atoms with Crippen LogP contribution in [0.4, 0.5) is 5.95 Å². The summed E-state index contributed by atoms with van der Waals surface area (Å²) in [5.41, 5.74) is 2.25. The van der Waals surface area contributed by atoms with Crippen molar-refractivity contribution in [3.63, 3.8) is 0 Å². The Bertz CT molecular complexity index is 558. The molecule has 2 aromatic rings. The molecular weight excluding hydrogens is 270 g/mol. The minimum Gasteiger partial charge on any atom is -0.355 e. The highest BCUT2D eigenvalue weighted by molar-refractivity contribution is 6.30. The molecule has 1 unspecified atom stereocenters. The van der Waals surface area contributed by atoms with E-state index in [0.29, 0.717) is 5.92 Å². The molecule has 1 N–H and O–H groups in total. The summed E-state index contributed by atoms with van der Waals surface area (Å²) >= 11 is 5.95. The topological polar surface area (TPSA) is 29.9 Å². The number of imidazole rings is 1. The number of hydrogen-bond donors (Lipinski definition) is 1. The summed E-state index contributed by atoms with van der Waals surface area (Å²) < 4.78 is 2.18. The van der Waals surface area contributed by atoms with Gasteiger partial charge in [0.15, 0.2) is 0 Å². The molecule has 0 fully saturated rings. The Labute approximate surface area is 126 Å². The smallest absolute Gasteiger partial charge is 0.203 e. The van der Waals surface area contributed by atoms with Gasteiger partial charge < -0.3 is 9.88 Å². The van der Waals surface area contributed by atoms with E-state index in [1.54, 1.807) is 0 Å². The number of hydrogen-bond acceptors (Lipinski definition) is 2. The van der Waals surface area contributed by atoms with Crippen LogP contribution in [0.1, 0.15) is 38.1 Å². The fraction of sp³-hybridized carbons (Fsp3) is 0.438. The van der Waals surface area contributed by atoms with E-state index in [2.05, 4.69) is 54.0 Å². The van der Waals surface area contributed by atoms with Gasteiger partial charge in [0.05, 0.1) is 11.7 Å². The second-order valence-electron chi connectivity index (χ2n) is 5.62. The fourth-order valence-corrected chi connectivity index (χ4v) is 2.27. The van der Waals surface area contributed by atoms with E-state index >= 15 is 0 Å². The molecule has 1 atom stereocenters. The summed E-state index contributed by atoms with van der Waals surface area (Å²) in [6.45, 7) is 9.49. The predicted octanol–water partition coefficient (Wildman–Crippen LogP) is 4.52. The van der Waals surface area contributed by atoms with Gasteiger partial charge in [-0.3, -0.25) is 0 Å². The van der Waals surface area contributed by atoms with Crippen LogP contribution < -0.4 is 5.32 Å². The minimum absolute atomic E-state index is 0.225. The summed E-state index contributed by atoms with van der Waals surface area (Å²) in [6, 6.07) is 8.21. The summed E-state index contributed by atoms with van der Waals surface area (Å²) in [4.78, 5) is 4.57. The zero-order valence-corrected chi connectivity index (χ0v) is 13.3. The van der Waals surface area contributed by atoms with Gasteiger partial charge in [-0.25, -0.2) is 4.98 Å². The van der Waals surface area contributed by atoms with E-state index in [4.69, 9.17) is 11.6 Å². The number of halogens is 1. The molecule has 20 heavy (non-hydrogen) atoms. The predicted molar refractivity (Wildman–Crippen MR) is 85.6 cm³/mol. The highest BCUT2D eigenvalue weighted by Gasteiger charge is 2.13. The maximum absolute atomic E-state index is 5.95. The van der Waals surface area contributed by atoms with Gasteiger partial charge in [0.1, 0.15) is 0 Å². The first-order valence-electron chi connectivity index (χ1n) is 7.02. The Morgan fingerprint density at radius 3 is 2.45 bits per heavy atom. The molecular formula is C16H22ClN3. The molecule has 0 amide bonds. The van der Waals surface area contributed by atoms with Crippen molar-refractivity contribution in [2.45, 2.75) is 33.7 Å². The molecule has 0 saturated heterocycles. The lowest BCUT2D eigenvalue weighted by Gasteiger charge is -2.18. The minimum atomic E-state index is 0.225. The van der Waals surface area contributed by atoms with Crippen molar-refractivity contribution in [1.82, 2.24) is 9.55 Å². The highest BCUT2D eigenvalue weighted by Crippen LogP contribution is 2.24. The summed E-state index contributed by atoms with van der Waals surface area (Å²) in [6.07, 6.45) is 2.09. The Balaban J connectivity index is 2.24. The lowest BCUT2D eigenvalue weighted by atomic mass is 10.1. The van der Waals surface area contributed by atoms with Gasteiger partial charge in [-0.1, -0.05) is 37.6 Å². The Morgan fingerprint density at radius 2 is 1.85 bits per heavy atom. The molecule has 1 heterocycles. The van der Waals surface area contributed by atoms with Crippen molar-refractivity contribution < 1.29 is 0 Å². The van der Waals surface area contributed by atoms with E-state index in [1.807, 2.05) is 19.1 Å². The Morgan fingerprint density at radius 1 is 1.20 bits per heavy atom. The van der Waals surface area contributed by atoms with Gasteiger partial charge in [0.2, 0.25) is 5.95 Å². The van der Waals surface area contributed by atoms with Crippen molar-refractivity contribution >= 4 is 17.5 Å². The number of anilines is 1. The second-order valence-corrected chi connectivity index (χ2v) is 6.05. The Kier molecular flexibility index (Phi) is 4.71. The lowest BCUT2D eigenvalue weighted by Crippen LogP contribution is -2.15. The summed E-state index contributed by atoms with van der Waals surface area (Å²) in [5.74, 6) is 1.52. The second kappa shape index (κ2) is 6.31. The molecule has 1 aromatic carbocycles. The number of aryl methyl sites for hydroxylation is 1. The van der Waals surface area contributed by atoms with Crippen molar-refractivity contribution in [1.29, 1.82) is 0 Å². The third-order valence-corrected chi connectivity index (χ3v) is 3.54. The van der Waals surface area contributed by atoms with Crippen molar-refractivity contribution in [3.8, 4) is 0 Å². The van der Waals surface area contributed by atoms with Crippen LogP contribution in [0.2, 0.25) is 5.02 Å². The molecule has 1 aromatic heterocycles. The third kappa shape index (κ3) is 3.54. The van der Waals surface area contributed by atoms with Crippen LogP contribution in [0.15, 0.2) is 30.5 Å². The number of aromatic nitrogens is 2.